The Morgan fingerprint density at radius 1 is 1.45 bits per heavy atom. The van der Waals surface area contributed by atoms with Crippen molar-refractivity contribution in [3.63, 3.8) is 0 Å². The zero-order chi connectivity index (χ0) is 14.1. The first-order valence-corrected chi connectivity index (χ1v) is 6.99. The summed E-state index contributed by atoms with van der Waals surface area (Å²) in [5.74, 6) is 0.503. The highest BCUT2D eigenvalue weighted by Crippen LogP contribution is 2.35. The minimum Gasteiger partial charge on any atom is -0.367 e. The smallest absolute Gasteiger partial charge is 0.103 e. The molecular weight excluding hydrogens is 248 g/mol. The SMILES string of the molecule is CC1CC(CN)CN1c1c(C#N)cnc2ccccc12. The number of benzene rings is 1. The van der Waals surface area contributed by atoms with Gasteiger partial charge in [-0.05, 0) is 31.9 Å². The molecule has 4 heteroatoms. The van der Waals surface area contributed by atoms with E-state index in [9.17, 15) is 5.26 Å². The van der Waals surface area contributed by atoms with E-state index in [1.165, 1.54) is 0 Å². The Hall–Kier alpha value is -2.12. The van der Waals surface area contributed by atoms with E-state index in [1.54, 1.807) is 6.20 Å². The molecule has 0 saturated carbocycles. The first-order valence-electron chi connectivity index (χ1n) is 6.99. The Bertz CT molecular complexity index is 674. The normalized spacial score (nSPS) is 22.1. The van der Waals surface area contributed by atoms with E-state index in [2.05, 4.69) is 22.9 Å². The summed E-state index contributed by atoms with van der Waals surface area (Å²) in [5, 5.41) is 10.5. The average Bonchev–Trinajstić information content (AvgIpc) is 2.86. The predicted molar refractivity (Wildman–Crippen MR) is 80.4 cm³/mol. The van der Waals surface area contributed by atoms with Crippen molar-refractivity contribution in [1.29, 1.82) is 5.26 Å². The van der Waals surface area contributed by atoms with Crippen LogP contribution in [0, 0.1) is 17.2 Å². The highest BCUT2D eigenvalue weighted by Gasteiger charge is 2.30. The lowest BCUT2D eigenvalue weighted by Gasteiger charge is -2.26. The largest absolute Gasteiger partial charge is 0.367 e. The van der Waals surface area contributed by atoms with Crippen LogP contribution >= 0.6 is 0 Å². The molecule has 1 aliphatic rings. The van der Waals surface area contributed by atoms with E-state index in [4.69, 9.17) is 5.73 Å². The third-order valence-electron chi connectivity index (χ3n) is 4.15. The van der Waals surface area contributed by atoms with Crippen LogP contribution in [0.5, 0.6) is 0 Å². The quantitative estimate of drug-likeness (QED) is 0.905. The molecule has 1 aromatic heterocycles. The molecule has 0 spiro atoms. The number of nitrogens with zero attached hydrogens (tertiary/aromatic N) is 3. The number of anilines is 1. The van der Waals surface area contributed by atoms with Crippen LogP contribution in [0.1, 0.15) is 18.9 Å². The maximum absolute atomic E-state index is 9.41. The van der Waals surface area contributed by atoms with E-state index in [1.807, 2.05) is 24.3 Å². The monoisotopic (exact) mass is 266 g/mol. The number of hydrogen-bond acceptors (Lipinski definition) is 4. The van der Waals surface area contributed by atoms with Crippen molar-refractivity contribution in [2.75, 3.05) is 18.0 Å². The van der Waals surface area contributed by atoms with Gasteiger partial charge in [0.1, 0.15) is 6.07 Å². The Labute approximate surface area is 118 Å². The van der Waals surface area contributed by atoms with Crippen molar-refractivity contribution in [2.24, 2.45) is 11.7 Å². The first kappa shape index (κ1) is 12.9. The topological polar surface area (TPSA) is 65.9 Å². The maximum atomic E-state index is 9.41. The second kappa shape index (κ2) is 5.10. The van der Waals surface area contributed by atoms with Gasteiger partial charge in [-0.1, -0.05) is 18.2 Å². The molecule has 102 valence electrons. The lowest BCUT2D eigenvalue weighted by Crippen LogP contribution is -2.28. The molecular formula is C16H18N4. The Morgan fingerprint density at radius 3 is 2.95 bits per heavy atom. The summed E-state index contributed by atoms with van der Waals surface area (Å²) < 4.78 is 0. The van der Waals surface area contributed by atoms with Gasteiger partial charge in [0, 0.05) is 24.2 Å². The molecule has 1 aromatic carbocycles. The van der Waals surface area contributed by atoms with Crippen LogP contribution in [0.25, 0.3) is 10.9 Å². The third-order valence-corrected chi connectivity index (χ3v) is 4.15. The molecule has 3 rings (SSSR count). The molecule has 2 atom stereocenters. The molecule has 2 aromatic rings. The number of nitrogens with two attached hydrogens (primary N) is 1. The molecule has 0 bridgehead atoms. The minimum absolute atomic E-state index is 0.404. The van der Waals surface area contributed by atoms with Gasteiger partial charge < -0.3 is 10.6 Å². The van der Waals surface area contributed by atoms with Crippen LogP contribution < -0.4 is 10.6 Å². The number of para-hydroxylation sites is 1. The van der Waals surface area contributed by atoms with Gasteiger partial charge in [0.05, 0.1) is 16.8 Å². The summed E-state index contributed by atoms with van der Waals surface area (Å²) in [6, 6.07) is 10.7. The number of nitriles is 1. The summed E-state index contributed by atoms with van der Waals surface area (Å²) in [6.45, 7) is 3.82. The van der Waals surface area contributed by atoms with Crippen molar-refractivity contribution in [2.45, 2.75) is 19.4 Å². The van der Waals surface area contributed by atoms with E-state index in [-0.39, 0.29) is 0 Å². The van der Waals surface area contributed by atoms with Gasteiger partial charge >= 0.3 is 0 Å². The summed E-state index contributed by atoms with van der Waals surface area (Å²) in [7, 11) is 0. The second-order valence-corrected chi connectivity index (χ2v) is 5.49. The zero-order valence-corrected chi connectivity index (χ0v) is 11.6. The molecule has 0 amide bonds. The third kappa shape index (κ3) is 2.00. The highest BCUT2D eigenvalue weighted by molar-refractivity contribution is 5.94. The lowest BCUT2D eigenvalue weighted by molar-refractivity contribution is 0.579. The van der Waals surface area contributed by atoms with Crippen molar-refractivity contribution >= 4 is 16.6 Å². The Balaban J connectivity index is 2.17. The summed E-state index contributed by atoms with van der Waals surface area (Å²) >= 11 is 0. The molecule has 0 radical (unpaired) electrons. The van der Waals surface area contributed by atoms with Crippen LogP contribution in [0.2, 0.25) is 0 Å². The minimum atomic E-state index is 0.404. The van der Waals surface area contributed by atoms with E-state index >= 15 is 0 Å². The van der Waals surface area contributed by atoms with E-state index in [0.717, 1.165) is 29.6 Å². The number of hydrogen-bond donors (Lipinski definition) is 1. The Morgan fingerprint density at radius 2 is 2.25 bits per heavy atom. The molecule has 2 heterocycles. The fraction of sp³-hybridized carbons (Fsp3) is 0.375. The van der Waals surface area contributed by atoms with E-state index in [0.29, 0.717) is 24.1 Å². The lowest BCUT2D eigenvalue weighted by atomic mass is 10.1. The van der Waals surface area contributed by atoms with Crippen LogP contribution in [-0.2, 0) is 0 Å². The molecule has 1 fully saturated rings. The second-order valence-electron chi connectivity index (χ2n) is 5.49. The standard InChI is InChI=1S/C16H18N4/c1-11-6-12(7-17)10-20(11)16-13(8-18)9-19-15-5-3-2-4-14(15)16/h2-5,9,11-12H,6-7,10,17H2,1H3. The van der Waals surface area contributed by atoms with Gasteiger partial charge in [0.25, 0.3) is 0 Å². The molecule has 2 unspecified atom stereocenters. The number of pyridine rings is 1. The zero-order valence-electron chi connectivity index (χ0n) is 11.6. The van der Waals surface area contributed by atoms with Gasteiger partial charge in [0.15, 0.2) is 0 Å². The molecule has 4 nitrogen and oxygen atoms in total. The van der Waals surface area contributed by atoms with Crippen molar-refractivity contribution in [3.8, 4) is 6.07 Å². The van der Waals surface area contributed by atoms with Crippen molar-refractivity contribution in [3.05, 3.63) is 36.0 Å². The summed E-state index contributed by atoms with van der Waals surface area (Å²) in [4.78, 5) is 6.69. The molecule has 2 N–H and O–H groups in total. The van der Waals surface area contributed by atoms with Crippen molar-refractivity contribution < 1.29 is 0 Å². The maximum Gasteiger partial charge on any atom is 0.103 e. The Kier molecular flexibility index (Phi) is 3.29. The van der Waals surface area contributed by atoms with Crippen LogP contribution in [0.15, 0.2) is 30.5 Å². The van der Waals surface area contributed by atoms with Gasteiger partial charge in [0.2, 0.25) is 0 Å². The summed E-state index contributed by atoms with van der Waals surface area (Å²) in [6.07, 6.45) is 2.76. The first-order chi connectivity index (χ1) is 9.74. The average molecular weight is 266 g/mol. The van der Waals surface area contributed by atoms with E-state index < -0.39 is 0 Å². The van der Waals surface area contributed by atoms with Gasteiger partial charge in [-0.2, -0.15) is 5.26 Å². The molecule has 1 saturated heterocycles. The predicted octanol–water partition coefficient (Wildman–Crippen LogP) is 2.28. The van der Waals surface area contributed by atoms with Gasteiger partial charge in [-0.25, -0.2) is 0 Å². The van der Waals surface area contributed by atoms with Crippen LogP contribution in [0.3, 0.4) is 0 Å². The summed E-state index contributed by atoms with van der Waals surface area (Å²) in [5.41, 5.74) is 8.41. The molecule has 1 aliphatic heterocycles. The number of aromatic nitrogens is 1. The van der Waals surface area contributed by atoms with Gasteiger partial charge in [-0.3, -0.25) is 4.98 Å². The highest BCUT2D eigenvalue weighted by atomic mass is 15.2. The van der Waals surface area contributed by atoms with Crippen LogP contribution in [-0.4, -0.2) is 24.1 Å². The van der Waals surface area contributed by atoms with Crippen LogP contribution in [0.4, 0.5) is 5.69 Å². The molecule has 20 heavy (non-hydrogen) atoms. The fourth-order valence-corrected chi connectivity index (χ4v) is 3.14. The fourth-order valence-electron chi connectivity index (χ4n) is 3.14. The van der Waals surface area contributed by atoms with Gasteiger partial charge in [-0.15, -0.1) is 0 Å². The van der Waals surface area contributed by atoms with Crippen molar-refractivity contribution in [1.82, 2.24) is 4.98 Å². The number of rotatable bonds is 2. The molecule has 0 aliphatic carbocycles. The number of fused-ring (bicyclic) bond motifs is 1.